The van der Waals surface area contributed by atoms with Crippen LogP contribution in [0.4, 0.5) is 22.7 Å². The van der Waals surface area contributed by atoms with Gasteiger partial charge in [0.2, 0.25) is 0 Å². The van der Waals surface area contributed by atoms with Crippen LogP contribution in [0.3, 0.4) is 0 Å². The van der Waals surface area contributed by atoms with Crippen LogP contribution in [-0.4, -0.2) is 14.1 Å². The Morgan fingerprint density at radius 3 is 1.00 bits per heavy atom. The fourth-order valence-corrected chi connectivity index (χ4v) is 19.0. The first-order chi connectivity index (χ1) is 48.0. The molecule has 16 aromatic rings. The molecule has 2 aliphatic carbocycles. The number of anilines is 4. The quantitative estimate of drug-likeness (QED) is 0.147. The Balaban J connectivity index is 0.954. The Bertz CT molecular complexity index is 5560. The summed E-state index contributed by atoms with van der Waals surface area (Å²) >= 11 is 0. The van der Waals surface area contributed by atoms with E-state index >= 15 is 0 Å². The lowest BCUT2D eigenvalue weighted by Crippen LogP contribution is -2.38. The summed E-state index contributed by atoms with van der Waals surface area (Å²) in [5, 5.41) is 7.25. The van der Waals surface area contributed by atoms with Crippen LogP contribution in [0.15, 0.2) is 352 Å². The molecule has 0 unspecified atom stereocenters. The van der Waals surface area contributed by atoms with E-state index in [-0.39, 0.29) is 0 Å². The molecule has 16 aromatic carbocycles. The Morgan fingerprint density at radius 2 is 0.536 bits per heavy atom. The summed E-state index contributed by atoms with van der Waals surface area (Å²) in [7, 11) is 4.58. The summed E-state index contributed by atoms with van der Waals surface area (Å²) in [6.07, 6.45) is 0. The fraction of sp³-hybridized carbons (Fsp3) is 0.0526. The molecule has 97 heavy (non-hydrogen) atoms. The zero-order valence-electron chi connectivity index (χ0n) is 53.9. The van der Waals surface area contributed by atoms with Gasteiger partial charge in [-0.25, -0.2) is 0 Å². The van der Waals surface area contributed by atoms with Gasteiger partial charge < -0.3 is 9.80 Å². The van der Waals surface area contributed by atoms with E-state index in [1.807, 2.05) is 0 Å². The molecule has 454 valence electrons. The van der Waals surface area contributed by atoms with Crippen LogP contribution in [0.5, 0.6) is 0 Å². The minimum atomic E-state index is -0.652. The number of benzene rings is 16. The predicted octanol–water partition coefficient (Wildman–Crippen LogP) is 23.4. The van der Waals surface area contributed by atoms with Crippen LogP contribution in [-0.2, 0) is 16.2 Å². The van der Waals surface area contributed by atoms with Crippen molar-refractivity contribution in [1.29, 1.82) is 0 Å². The van der Waals surface area contributed by atoms with E-state index in [1.54, 1.807) is 0 Å². The normalized spacial score (nSPS) is 14.5. The third kappa shape index (κ3) is 7.29. The third-order valence-corrected chi connectivity index (χ3v) is 22.6. The second kappa shape index (κ2) is 20.9. The van der Waals surface area contributed by atoms with Crippen LogP contribution in [0.1, 0.15) is 66.8 Å². The molecule has 0 atom stereocenters. The highest BCUT2D eigenvalue weighted by atomic mass is 15.1. The number of fused-ring (bicyclic) bond motifs is 18. The highest BCUT2D eigenvalue weighted by Crippen LogP contribution is 2.67. The Morgan fingerprint density at radius 1 is 0.206 bits per heavy atom. The summed E-state index contributed by atoms with van der Waals surface area (Å²) in [5.41, 5.74) is 30.3. The second-order valence-corrected chi connectivity index (χ2v) is 26.9. The molecule has 0 saturated heterocycles. The monoisotopic (exact) mass is 1230 g/mol. The number of rotatable bonds is 7. The van der Waals surface area contributed by atoms with E-state index in [9.17, 15) is 0 Å². The van der Waals surface area contributed by atoms with Gasteiger partial charge in [0.1, 0.15) is 0 Å². The second-order valence-electron chi connectivity index (χ2n) is 26.9. The molecule has 2 heterocycles. The van der Waals surface area contributed by atoms with Crippen molar-refractivity contribution in [2.24, 2.45) is 0 Å². The van der Waals surface area contributed by atoms with Crippen LogP contribution < -0.4 is 9.80 Å². The van der Waals surface area contributed by atoms with E-state index in [2.05, 4.69) is 376 Å². The van der Waals surface area contributed by atoms with Crippen molar-refractivity contribution in [1.82, 2.24) is 0 Å². The molecular formula is C95H64N2. The molecule has 0 fully saturated rings. The summed E-state index contributed by atoms with van der Waals surface area (Å²) in [5.74, 6) is 0. The zero-order valence-corrected chi connectivity index (χ0v) is 53.9. The van der Waals surface area contributed by atoms with Crippen molar-refractivity contribution in [3.63, 3.8) is 0 Å². The Labute approximate surface area is 565 Å². The summed E-state index contributed by atoms with van der Waals surface area (Å²) < 4.78 is 0. The lowest BCUT2D eigenvalue weighted by Gasteiger charge is -2.46. The lowest BCUT2D eigenvalue weighted by molar-refractivity contribution is 0.728. The van der Waals surface area contributed by atoms with Gasteiger partial charge in [0.15, 0.2) is 0 Å². The zero-order chi connectivity index (χ0) is 64.1. The number of para-hydroxylation sites is 4. The van der Waals surface area contributed by atoms with E-state index in [0.29, 0.717) is 0 Å². The molecule has 2 heteroatoms. The van der Waals surface area contributed by atoms with Gasteiger partial charge in [-0.05, 0) is 168 Å². The maximum absolute atomic E-state index is 2.58. The average Bonchev–Trinajstić information content (AvgIpc) is 1.64. The first-order valence-electron chi connectivity index (χ1n) is 34.0. The largest absolute Gasteiger partial charge is 0.344 e. The first-order valence-corrected chi connectivity index (χ1v) is 34.0. The maximum atomic E-state index is 2.58. The highest BCUT2D eigenvalue weighted by molar-refractivity contribution is 6.23. The molecule has 1 spiro atoms. The van der Waals surface area contributed by atoms with Crippen LogP contribution in [0, 0.1) is 0 Å². The van der Waals surface area contributed by atoms with Crippen LogP contribution in [0.25, 0.3) is 88.0 Å². The van der Waals surface area contributed by atoms with Crippen molar-refractivity contribution in [2.45, 2.75) is 16.2 Å². The fourth-order valence-electron chi connectivity index (χ4n) is 19.0. The molecule has 0 aromatic heterocycles. The summed E-state index contributed by atoms with van der Waals surface area (Å²) in [6, 6.07) is 134. The van der Waals surface area contributed by atoms with Gasteiger partial charge in [0.05, 0.1) is 27.6 Å². The van der Waals surface area contributed by atoms with Gasteiger partial charge in [-0.3, -0.25) is 0 Å². The molecule has 4 aliphatic rings. The molecule has 20 rings (SSSR count). The maximum Gasteiger partial charge on any atom is 0.0742 e. The molecule has 2 nitrogen and oxygen atoms in total. The highest BCUT2D eigenvalue weighted by Gasteiger charge is 2.54. The third-order valence-electron chi connectivity index (χ3n) is 22.6. The van der Waals surface area contributed by atoms with Gasteiger partial charge in [-0.2, -0.15) is 0 Å². The summed E-state index contributed by atoms with van der Waals surface area (Å²) in [4.78, 5) is 4.97. The van der Waals surface area contributed by atoms with Crippen molar-refractivity contribution < 1.29 is 0 Å². The van der Waals surface area contributed by atoms with Crippen molar-refractivity contribution in [3.05, 3.63) is 419 Å². The minimum Gasteiger partial charge on any atom is -0.344 e. The molecule has 0 N–H and O–H groups in total. The average molecular weight is 1230 g/mol. The van der Waals surface area contributed by atoms with Crippen molar-refractivity contribution in [3.8, 4) is 55.6 Å². The standard InChI is InChI=1S/C95H64N2/c1-96-86-57-25-23-53-82(86)93(62-32-7-3-8-33-62,63-34-9-4-10-35-63)84-55-29-48-73(91(84)96)67-44-27-46-71-76(67)60-77-68(74-49-30-56-85-92(74)97(2)87-58-26-24-54-83(87)94(85,64-36-11-5-12-37-64)65-38-13-6-14-39-65)45-28-47-72(77)88(71)78-59-61-31-15-16-40-66(61)89-75-43-19-22-52-81(75)95(90(78)89)79-50-20-17-41-69(79)70-42-18-21-51-80(70)95/h3-60H,1-2H3. The summed E-state index contributed by atoms with van der Waals surface area (Å²) in [6.45, 7) is 0. The van der Waals surface area contributed by atoms with Gasteiger partial charge in [0, 0.05) is 36.6 Å². The van der Waals surface area contributed by atoms with Gasteiger partial charge in [-0.1, -0.05) is 328 Å². The molecule has 2 aliphatic heterocycles. The number of hydrogen-bond acceptors (Lipinski definition) is 2. The van der Waals surface area contributed by atoms with E-state index in [1.165, 1.54) is 177 Å². The Hall–Kier alpha value is -12.1. The first kappa shape index (κ1) is 55.4. The van der Waals surface area contributed by atoms with E-state index in [0.717, 1.165) is 0 Å². The minimum absolute atomic E-state index is 0.651. The number of nitrogens with zero attached hydrogens (tertiary/aromatic N) is 2. The van der Waals surface area contributed by atoms with E-state index < -0.39 is 16.2 Å². The van der Waals surface area contributed by atoms with Gasteiger partial charge >= 0.3 is 0 Å². The molecule has 0 saturated carbocycles. The van der Waals surface area contributed by atoms with Gasteiger partial charge in [0.25, 0.3) is 0 Å². The smallest absolute Gasteiger partial charge is 0.0742 e. The molecule has 0 radical (unpaired) electrons. The van der Waals surface area contributed by atoms with Crippen molar-refractivity contribution in [2.75, 3.05) is 23.9 Å². The van der Waals surface area contributed by atoms with Gasteiger partial charge in [-0.15, -0.1) is 0 Å². The molecular weight excluding hydrogens is 1170 g/mol. The SMILES string of the molecule is CN1c2ccccc2C(c2ccccc2)(c2ccccc2)c2cccc(-c3cccc4c(-c5cc6ccccc6c6c5C5(c7ccccc7-c7ccccc75)c5ccccc5-6)c5cccc(-c6cccc7c6N(C)c6ccccc6C7(c6ccccc6)c6ccccc6)c5cc34)c21. The lowest BCUT2D eigenvalue weighted by atomic mass is 9.62. The van der Waals surface area contributed by atoms with E-state index in [4.69, 9.17) is 0 Å². The molecule has 0 bridgehead atoms. The van der Waals surface area contributed by atoms with Crippen molar-refractivity contribution >= 4 is 55.1 Å². The number of hydrogen-bond donors (Lipinski definition) is 0. The molecule has 0 amide bonds. The topological polar surface area (TPSA) is 6.48 Å². The Kier molecular flexibility index (Phi) is 12.0. The van der Waals surface area contributed by atoms with Crippen LogP contribution in [0.2, 0.25) is 0 Å². The van der Waals surface area contributed by atoms with Crippen LogP contribution >= 0.6 is 0 Å². The predicted molar refractivity (Wildman–Crippen MR) is 404 cm³/mol.